The second-order valence-corrected chi connectivity index (χ2v) is 4.68. The van der Waals surface area contributed by atoms with Gasteiger partial charge in [-0.2, -0.15) is 5.10 Å². The first-order chi connectivity index (χ1) is 9.54. The minimum Gasteiger partial charge on any atom is -0.478 e. The minimum atomic E-state index is -0.946. The van der Waals surface area contributed by atoms with Crippen LogP contribution in [0.4, 0.5) is 5.82 Å². The Morgan fingerprint density at radius 2 is 1.95 bits per heavy atom. The van der Waals surface area contributed by atoms with Gasteiger partial charge in [-0.05, 0) is 32.0 Å². The first-order valence-corrected chi connectivity index (χ1v) is 7.09. The van der Waals surface area contributed by atoms with Crippen molar-refractivity contribution in [3.8, 4) is 0 Å². The van der Waals surface area contributed by atoms with Crippen LogP contribution in [0.1, 0.15) is 42.4 Å². The molecule has 20 heavy (non-hydrogen) atoms. The summed E-state index contributed by atoms with van der Waals surface area (Å²) in [5.41, 5.74) is 1.81. The maximum Gasteiger partial charge on any atom is 0.339 e. The molecule has 0 saturated carbocycles. The Labute approximate surface area is 120 Å². The smallest absolute Gasteiger partial charge is 0.339 e. The largest absolute Gasteiger partial charge is 0.478 e. The lowest BCUT2D eigenvalue weighted by Crippen LogP contribution is -2.26. The molecule has 0 radical (unpaired) electrons. The Kier molecular flexibility index (Phi) is 6.38. The van der Waals surface area contributed by atoms with Crippen LogP contribution < -0.4 is 5.32 Å². The molecular weight excluding hydrogens is 256 g/mol. The standard InChI is InChI=1S/C14H24N4O2/c1-5-10-11(6-2)16-17-13(12(10)14(19)20)15-8-9-18(4)7-3/h5-9H2,1-4H3,(H,15,17)(H,19,20). The minimum absolute atomic E-state index is 0.263. The zero-order valence-corrected chi connectivity index (χ0v) is 12.7. The number of anilines is 1. The third-order valence-electron chi connectivity index (χ3n) is 3.39. The predicted molar refractivity (Wildman–Crippen MR) is 79.4 cm³/mol. The predicted octanol–water partition coefficient (Wildman–Crippen LogP) is 1.66. The average Bonchev–Trinajstić information content (AvgIpc) is 2.45. The van der Waals surface area contributed by atoms with E-state index >= 15 is 0 Å². The summed E-state index contributed by atoms with van der Waals surface area (Å²) in [6.45, 7) is 8.40. The lowest BCUT2D eigenvalue weighted by molar-refractivity contribution is 0.0696. The maximum atomic E-state index is 11.5. The van der Waals surface area contributed by atoms with E-state index in [0.29, 0.717) is 25.2 Å². The zero-order chi connectivity index (χ0) is 15.1. The van der Waals surface area contributed by atoms with Crippen LogP contribution in [0.2, 0.25) is 0 Å². The maximum absolute atomic E-state index is 11.5. The van der Waals surface area contributed by atoms with Crippen molar-refractivity contribution in [2.24, 2.45) is 0 Å². The normalized spacial score (nSPS) is 10.8. The molecule has 6 heteroatoms. The van der Waals surface area contributed by atoms with E-state index in [9.17, 15) is 9.90 Å². The number of carboxylic acids is 1. The van der Waals surface area contributed by atoms with Crippen molar-refractivity contribution in [3.05, 3.63) is 16.8 Å². The number of carboxylic acid groups (broad SMARTS) is 1. The van der Waals surface area contributed by atoms with Crippen molar-refractivity contribution in [1.29, 1.82) is 0 Å². The van der Waals surface area contributed by atoms with Gasteiger partial charge in [0.05, 0.1) is 5.69 Å². The van der Waals surface area contributed by atoms with Gasteiger partial charge in [0.25, 0.3) is 0 Å². The highest BCUT2D eigenvalue weighted by Crippen LogP contribution is 2.20. The molecule has 112 valence electrons. The Bertz CT molecular complexity index is 463. The fourth-order valence-electron chi connectivity index (χ4n) is 2.05. The summed E-state index contributed by atoms with van der Waals surface area (Å²) >= 11 is 0. The Hall–Kier alpha value is -1.69. The number of aromatic nitrogens is 2. The van der Waals surface area contributed by atoms with E-state index in [1.54, 1.807) is 0 Å². The van der Waals surface area contributed by atoms with Gasteiger partial charge in [-0.3, -0.25) is 0 Å². The van der Waals surface area contributed by atoms with Crippen LogP contribution in [-0.2, 0) is 12.8 Å². The first-order valence-electron chi connectivity index (χ1n) is 7.09. The van der Waals surface area contributed by atoms with E-state index in [1.165, 1.54) is 0 Å². The summed E-state index contributed by atoms with van der Waals surface area (Å²) in [4.78, 5) is 13.6. The van der Waals surface area contributed by atoms with Gasteiger partial charge in [-0.25, -0.2) is 4.79 Å². The van der Waals surface area contributed by atoms with Crippen LogP contribution in [0, 0.1) is 0 Å². The molecule has 0 amide bonds. The number of carbonyl (C=O) groups is 1. The quantitative estimate of drug-likeness (QED) is 0.754. The number of aromatic carboxylic acids is 1. The molecule has 0 aliphatic carbocycles. The lowest BCUT2D eigenvalue weighted by Gasteiger charge is -2.16. The number of hydrogen-bond donors (Lipinski definition) is 2. The van der Waals surface area contributed by atoms with Crippen LogP contribution in [-0.4, -0.2) is 52.9 Å². The number of rotatable bonds is 8. The van der Waals surface area contributed by atoms with Crippen LogP contribution in [0.5, 0.6) is 0 Å². The first kappa shape index (κ1) is 16.4. The lowest BCUT2D eigenvalue weighted by atomic mass is 10.0. The molecule has 0 saturated heterocycles. The van der Waals surface area contributed by atoms with Gasteiger partial charge in [0.15, 0.2) is 5.82 Å². The Balaban J connectivity index is 2.98. The van der Waals surface area contributed by atoms with E-state index in [1.807, 2.05) is 20.9 Å². The fourth-order valence-corrected chi connectivity index (χ4v) is 2.05. The van der Waals surface area contributed by atoms with Gasteiger partial charge in [-0.15, -0.1) is 5.10 Å². The molecule has 0 aromatic carbocycles. The Morgan fingerprint density at radius 1 is 1.25 bits per heavy atom. The van der Waals surface area contributed by atoms with Gasteiger partial charge < -0.3 is 15.3 Å². The highest BCUT2D eigenvalue weighted by atomic mass is 16.4. The second-order valence-electron chi connectivity index (χ2n) is 4.68. The van der Waals surface area contributed by atoms with Crippen molar-refractivity contribution < 1.29 is 9.90 Å². The third kappa shape index (κ3) is 3.90. The fraction of sp³-hybridized carbons (Fsp3) is 0.643. The molecular formula is C14H24N4O2. The average molecular weight is 280 g/mol. The SMILES string of the molecule is CCc1nnc(NCCN(C)CC)c(C(=O)O)c1CC. The molecule has 0 unspecified atom stereocenters. The zero-order valence-electron chi connectivity index (χ0n) is 12.7. The van der Waals surface area contributed by atoms with Gasteiger partial charge in [-0.1, -0.05) is 20.8 Å². The summed E-state index contributed by atoms with van der Waals surface area (Å²) in [6.07, 6.45) is 1.33. The third-order valence-corrected chi connectivity index (χ3v) is 3.39. The molecule has 1 rings (SSSR count). The van der Waals surface area contributed by atoms with Crippen LogP contribution in [0.25, 0.3) is 0 Å². The summed E-state index contributed by atoms with van der Waals surface area (Å²) in [5, 5.41) is 20.7. The molecule has 0 atom stereocenters. The molecule has 2 N–H and O–H groups in total. The molecule has 0 bridgehead atoms. The highest BCUT2D eigenvalue weighted by Gasteiger charge is 2.19. The van der Waals surface area contributed by atoms with Gasteiger partial charge in [0.1, 0.15) is 5.56 Å². The molecule has 1 aromatic heterocycles. The molecule has 0 aliphatic heterocycles. The van der Waals surface area contributed by atoms with Crippen molar-refractivity contribution in [1.82, 2.24) is 15.1 Å². The monoisotopic (exact) mass is 280 g/mol. The van der Waals surface area contributed by atoms with Gasteiger partial charge in [0.2, 0.25) is 0 Å². The van der Waals surface area contributed by atoms with Gasteiger partial charge in [0, 0.05) is 13.1 Å². The summed E-state index contributed by atoms with van der Waals surface area (Å²) < 4.78 is 0. The van der Waals surface area contributed by atoms with E-state index in [4.69, 9.17) is 0 Å². The van der Waals surface area contributed by atoms with Crippen LogP contribution in [0.15, 0.2) is 0 Å². The van der Waals surface area contributed by atoms with Crippen molar-refractivity contribution in [3.63, 3.8) is 0 Å². The van der Waals surface area contributed by atoms with Crippen LogP contribution in [0.3, 0.4) is 0 Å². The molecule has 0 spiro atoms. The van der Waals surface area contributed by atoms with Crippen molar-refractivity contribution in [2.75, 3.05) is 32.0 Å². The number of hydrogen-bond acceptors (Lipinski definition) is 5. The van der Waals surface area contributed by atoms with Crippen molar-refractivity contribution in [2.45, 2.75) is 33.6 Å². The molecule has 1 aromatic rings. The van der Waals surface area contributed by atoms with E-state index in [-0.39, 0.29) is 5.56 Å². The van der Waals surface area contributed by atoms with E-state index in [2.05, 4.69) is 27.3 Å². The van der Waals surface area contributed by atoms with Gasteiger partial charge >= 0.3 is 5.97 Å². The molecule has 6 nitrogen and oxygen atoms in total. The van der Waals surface area contributed by atoms with Crippen molar-refractivity contribution >= 4 is 11.8 Å². The molecule has 0 fully saturated rings. The summed E-state index contributed by atoms with van der Waals surface area (Å²) in [6, 6.07) is 0. The summed E-state index contributed by atoms with van der Waals surface area (Å²) in [7, 11) is 2.02. The number of nitrogens with zero attached hydrogens (tertiary/aromatic N) is 3. The van der Waals surface area contributed by atoms with E-state index in [0.717, 1.165) is 24.3 Å². The van der Waals surface area contributed by atoms with Crippen LogP contribution >= 0.6 is 0 Å². The second kappa shape index (κ2) is 7.79. The Morgan fingerprint density at radius 3 is 2.45 bits per heavy atom. The number of aryl methyl sites for hydroxylation is 1. The summed E-state index contributed by atoms with van der Waals surface area (Å²) in [5.74, 6) is -0.575. The number of nitrogens with one attached hydrogen (secondary N) is 1. The molecule has 1 heterocycles. The highest BCUT2D eigenvalue weighted by molar-refractivity contribution is 5.95. The van der Waals surface area contributed by atoms with E-state index < -0.39 is 5.97 Å². The number of likely N-dealkylation sites (N-methyl/N-ethyl adjacent to an activating group) is 1. The molecule has 0 aliphatic rings. The topological polar surface area (TPSA) is 78.4 Å².